The molecule has 0 bridgehead atoms. The molecule has 1 unspecified atom stereocenters. The zero-order chi connectivity index (χ0) is 18.0. The molecule has 1 N–H and O–H groups in total. The minimum atomic E-state index is -0.355. The molecule has 130 valence electrons. The van der Waals surface area contributed by atoms with E-state index in [1.54, 1.807) is 18.3 Å². The van der Waals surface area contributed by atoms with Crippen molar-refractivity contribution in [2.24, 2.45) is 7.05 Å². The molecular weight excluding hydrogens is 314 g/mol. The van der Waals surface area contributed by atoms with Crippen LogP contribution in [0.25, 0.3) is 0 Å². The summed E-state index contributed by atoms with van der Waals surface area (Å²) in [4.78, 5) is 16.9. The molecule has 0 aliphatic rings. The lowest BCUT2D eigenvalue weighted by atomic mass is 9.86. The van der Waals surface area contributed by atoms with Crippen molar-refractivity contribution >= 4 is 5.91 Å². The molecule has 0 radical (unpaired) electrons. The summed E-state index contributed by atoms with van der Waals surface area (Å²) in [6.07, 6.45) is 5.08. The van der Waals surface area contributed by atoms with Gasteiger partial charge in [-0.2, -0.15) is 0 Å². The van der Waals surface area contributed by atoms with Crippen molar-refractivity contribution in [3.8, 4) is 0 Å². The summed E-state index contributed by atoms with van der Waals surface area (Å²) in [5, 5.41) is 3.02. The lowest BCUT2D eigenvalue weighted by Crippen LogP contribution is -2.31. The van der Waals surface area contributed by atoms with Gasteiger partial charge in [-0.15, -0.1) is 0 Å². The van der Waals surface area contributed by atoms with Crippen LogP contribution >= 0.6 is 0 Å². The average Bonchev–Trinajstić information content (AvgIpc) is 3.23. The molecule has 1 atom stereocenters. The van der Waals surface area contributed by atoms with E-state index in [9.17, 15) is 4.79 Å². The molecule has 0 saturated carbocycles. The van der Waals surface area contributed by atoms with Crippen LogP contribution in [0.4, 0.5) is 0 Å². The lowest BCUT2D eigenvalue weighted by Gasteiger charge is -2.22. The first-order valence-corrected chi connectivity index (χ1v) is 8.28. The second kappa shape index (κ2) is 6.59. The number of aromatic nitrogens is 2. The van der Waals surface area contributed by atoms with Crippen LogP contribution in [-0.4, -0.2) is 15.5 Å². The maximum absolute atomic E-state index is 12.5. The summed E-state index contributed by atoms with van der Waals surface area (Å²) in [5.41, 5.74) is 2.30. The van der Waals surface area contributed by atoms with Gasteiger partial charge in [0.2, 0.25) is 0 Å². The van der Waals surface area contributed by atoms with Gasteiger partial charge in [0.15, 0.2) is 5.76 Å². The Morgan fingerprint density at radius 3 is 2.44 bits per heavy atom. The number of carbonyl (C=O) groups excluding carboxylic acids is 1. The van der Waals surface area contributed by atoms with E-state index in [1.807, 2.05) is 29.9 Å². The van der Waals surface area contributed by atoms with Crippen LogP contribution in [-0.2, 0) is 12.5 Å². The Kier molecular flexibility index (Phi) is 4.49. The number of furan rings is 1. The van der Waals surface area contributed by atoms with Gasteiger partial charge in [0.1, 0.15) is 11.9 Å². The van der Waals surface area contributed by atoms with Crippen LogP contribution in [0, 0.1) is 0 Å². The number of rotatable bonds is 4. The van der Waals surface area contributed by atoms with Crippen molar-refractivity contribution in [2.75, 3.05) is 0 Å². The van der Waals surface area contributed by atoms with Gasteiger partial charge in [0.25, 0.3) is 5.91 Å². The Balaban J connectivity index is 1.94. The predicted octanol–water partition coefficient (Wildman–Crippen LogP) is 3.83. The second-order valence-corrected chi connectivity index (χ2v) is 7.15. The van der Waals surface area contributed by atoms with E-state index in [0.717, 1.165) is 11.4 Å². The highest BCUT2D eigenvalue weighted by Crippen LogP contribution is 2.26. The smallest absolute Gasteiger partial charge is 0.287 e. The highest BCUT2D eigenvalue weighted by molar-refractivity contribution is 5.91. The van der Waals surface area contributed by atoms with Crippen LogP contribution in [0.15, 0.2) is 59.5 Å². The Hall–Kier alpha value is -2.82. The SMILES string of the molecule is Cn1ccnc1C(NC(=O)c1ccco1)c1ccc(C(C)(C)C)cc1. The van der Waals surface area contributed by atoms with Gasteiger partial charge >= 0.3 is 0 Å². The van der Waals surface area contributed by atoms with Crippen LogP contribution < -0.4 is 5.32 Å². The molecule has 5 heteroatoms. The van der Waals surface area contributed by atoms with Crippen molar-refractivity contribution in [1.82, 2.24) is 14.9 Å². The first-order chi connectivity index (χ1) is 11.9. The van der Waals surface area contributed by atoms with Gasteiger partial charge in [0, 0.05) is 19.4 Å². The van der Waals surface area contributed by atoms with Gasteiger partial charge in [-0.3, -0.25) is 4.79 Å². The van der Waals surface area contributed by atoms with Gasteiger partial charge in [-0.1, -0.05) is 45.0 Å². The maximum atomic E-state index is 12.5. The third-order valence-electron chi connectivity index (χ3n) is 4.25. The predicted molar refractivity (Wildman–Crippen MR) is 96.4 cm³/mol. The van der Waals surface area contributed by atoms with E-state index >= 15 is 0 Å². The lowest BCUT2D eigenvalue weighted by molar-refractivity contribution is 0.0913. The number of amides is 1. The first-order valence-electron chi connectivity index (χ1n) is 8.28. The Morgan fingerprint density at radius 1 is 1.20 bits per heavy atom. The molecule has 0 aliphatic carbocycles. The molecule has 0 fully saturated rings. The van der Waals surface area contributed by atoms with Crippen molar-refractivity contribution in [2.45, 2.75) is 32.2 Å². The minimum Gasteiger partial charge on any atom is -0.459 e. The number of benzene rings is 1. The number of hydrogen-bond donors (Lipinski definition) is 1. The molecule has 3 aromatic rings. The fraction of sp³-hybridized carbons (Fsp3) is 0.300. The first kappa shape index (κ1) is 17.0. The van der Waals surface area contributed by atoms with Gasteiger partial charge in [0.05, 0.1) is 6.26 Å². The molecule has 0 aliphatic heterocycles. The molecule has 0 spiro atoms. The molecule has 1 aromatic carbocycles. The third-order valence-corrected chi connectivity index (χ3v) is 4.25. The fourth-order valence-corrected chi connectivity index (χ4v) is 2.74. The van der Waals surface area contributed by atoms with E-state index < -0.39 is 0 Å². The number of carbonyl (C=O) groups is 1. The van der Waals surface area contributed by atoms with E-state index in [4.69, 9.17) is 4.42 Å². The number of nitrogens with zero attached hydrogens (tertiary/aromatic N) is 2. The maximum Gasteiger partial charge on any atom is 0.287 e. The van der Waals surface area contributed by atoms with Crippen molar-refractivity contribution in [3.63, 3.8) is 0 Å². The van der Waals surface area contributed by atoms with E-state index in [2.05, 4.69) is 43.2 Å². The Labute approximate surface area is 147 Å². The van der Waals surface area contributed by atoms with Crippen molar-refractivity contribution in [3.05, 3.63) is 77.8 Å². The molecular formula is C20H23N3O2. The molecule has 2 heterocycles. The van der Waals surface area contributed by atoms with Crippen LogP contribution in [0.3, 0.4) is 0 Å². The van der Waals surface area contributed by atoms with E-state index in [-0.39, 0.29) is 23.1 Å². The van der Waals surface area contributed by atoms with E-state index in [0.29, 0.717) is 0 Å². The standard InChI is InChI=1S/C20H23N3O2/c1-20(2,3)15-9-7-14(8-10-15)17(18-21-11-12-23(18)4)22-19(24)16-6-5-13-25-16/h5-13,17H,1-4H3,(H,22,24). The number of aryl methyl sites for hydroxylation is 1. The number of nitrogens with one attached hydrogen (secondary N) is 1. The summed E-state index contributed by atoms with van der Waals surface area (Å²) in [5.74, 6) is 0.784. The van der Waals surface area contributed by atoms with Crippen LogP contribution in [0.5, 0.6) is 0 Å². The monoisotopic (exact) mass is 337 g/mol. The van der Waals surface area contributed by atoms with Crippen LogP contribution in [0.2, 0.25) is 0 Å². The summed E-state index contributed by atoms with van der Waals surface area (Å²) in [7, 11) is 1.91. The molecule has 2 aromatic heterocycles. The summed E-state index contributed by atoms with van der Waals surface area (Å²) < 4.78 is 7.11. The highest BCUT2D eigenvalue weighted by Gasteiger charge is 2.23. The highest BCUT2D eigenvalue weighted by atomic mass is 16.3. The minimum absolute atomic E-state index is 0.0780. The normalized spacial score (nSPS) is 12.8. The Bertz CT molecular complexity index is 840. The summed E-state index contributed by atoms with van der Waals surface area (Å²) in [6, 6.07) is 11.3. The molecule has 5 nitrogen and oxygen atoms in total. The molecule has 3 rings (SSSR count). The van der Waals surface area contributed by atoms with Crippen molar-refractivity contribution < 1.29 is 9.21 Å². The molecule has 1 amide bonds. The average molecular weight is 337 g/mol. The second-order valence-electron chi connectivity index (χ2n) is 7.15. The van der Waals surface area contributed by atoms with Crippen LogP contribution in [0.1, 0.15) is 54.3 Å². The third kappa shape index (κ3) is 3.65. The fourth-order valence-electron chi connectivity index (χ4n) is 2.74. The topological polar surface area (TPSA) is 60.1 Å². The van der Waals surface area contributed by atoms with Gasteiger partial charge in [-0.05, 0) is 28.7 Å². The number of imidazole rings is 1. The largest absolute Gasteiger partial charge is 0.459 e. The zero-order valence-electron chi connectivity index (χ0n) is 15.0. The van der Waals surface area contributed by atoms with E-state index in [1.165, 1.54) is 11.8 Å². The van der Waals surface area contributed by atoms with Gasteiger partial charge in [-0.25, -0.2) is 4.98 Å². The molecule has 25 heavy (non-hydrogen) atoms. The quantitative estimate of drug-likeness (QED) is 0.787. The summed E-state index contributed by atoms with van der Waals surface area (Å²) in [6.45, 7) is 6.53. The molecule has 0 saturated heterocycles. The Morgan fingerprint density at radius 2 is 1.92 bits per heavy atom. The summed E-state index contributed by atoms with van der Waals surface area (Å²) >= 11 is 0. The van der Waals surface area contributed by atoms with Gasteiger partial charge < -0.3 is 14.3 Å². The zero-order valence-corrected chi connectivity index (χ0v) is 15.0. The number of hydrogen-bond acceptors (Lipinski definition) is 3. The van der Waals surface area contributed by atoms with Crippen molar-refractivity contribution in [1.29, 1.82) is 0 Å².